The molecule has 0 saturated heterocycles. The summed E-state index contributed by atoms with van der Waals surface area (Å²) >= 11 is 1.67. The Labute approximate surface area is 119 Å². The van der Waals surface area contributed by atoms with Crippen molar-refractivity contribution >= 4 is 11.3 Å². The van der Waals surface area contributed by atoms with Crippen LogP contribution in [0.4, 0.5) is 0 Å². The lowest BCUT2D eigenvalue weighted by Crippen LogP contribution is -1.90. The second-order valence-corrected chi connectivity index (χ2v) is 4.11. The van der Waals surface area contributed by atoms with Gasteiger partial charge in [0.25, 0.3) is 0 Å². The number of thiazole rings is 1. The Morgan fingerprint density at radius 3 is 2.16 bits per heavy atom. The van der Waals surface area contributed by atoms with Crippen LogP contribution in [0.15, 0.2) is 29.6 Å². The highest BCUT2D eigenvalue weighted by molar-refractivity contribution is 7.13. The first-order valence-electron chi connectivity index (χ1n) is 6.39. The van der Waals surface area contributed by atoms with Gasteiger partial charge in [-0.2, -0.15) is 0 Å². The first-order chi connectivity index (χ1) is 9.29. The van der Waals surface area contributed by atoms with Gasteiger partial charge in [0.05, 0.1) is 6.61 Å². The maximum absolute atomic E-state index is 7.00. The van der Waals surface area contributed by atoms with Crippen molar-refractivity contribution in [3.63, 3.8) is 0 Å². The summed E-state index contributed by atoms with van der Waals surface area (Å²) in [5.74, 6) is 0.912. The number of aliphatic hydroxyl groups excluding tert-OH is 1. The summed E-state index contributed by atoms with van der Waals surface area (Å²) < 4.78 is 5.38. The smallest absolute Gasteiger partial charge is 0.123 e. The van der Waals surface area contributed by atoms with Gasteiger partial charge in [-0.15, -0.1) is 11.3 Å². The minimum absolute atomic E-state index is 0.704. The minimum Gasteiger partial charge on any atom is -0.494 e. The molecule has 2 rings (SSSR count). The number of nitrogens with zero attached hydrogens (tertiary/aromatic N) is 1. The number of ether oxygens (including phenoxy) is 1. The topological polar surface area (TPSA) is 42.4 Å². The highest BCUT2D eigenvalue weighted by Crippen LogP contribution is 2.25. The van der Waals surface area contributed by atoms with E-state index in [2.05, 4.69) is 10.4 Å². The molecule has 1 N–H and O–H groups in total. The zero-order valence-electron chi connectivity index (χ0n) is 12.3. The average Bonchev–Trinajstić information content (AvgIpc) is 2.91. The molecule has 19 heavy (non-hydrogen) atoms. The molecular weight excluding hydrogens is 258 g/mol. The second kappa shape index (κ2) is 10.5. The van der Waals surface area contributed by atoms with Gasteiger partial charge in [0, 0.05) is 23.7 Å². The van der Waals surface area contributed by atoms with Crippen molar-refractivity contribution < 1.29 is 9.84 Å². The highest BCUT2D eigenvalue weighted by Gasteiger charge is 2.02. The molecule has 0 fully saturated rings. The van der Waals surface area contributed by atoms with E-state index in [4.69, 9.17) is 9.84 Å². The molecule has 1 aromatic carbocycles. The fourth-order valence-corrected chi connectivity index (χ4v) is 2.15. The third-order valence-electron chi connectivity index (χ3n) is 2.03. The van der Waals surface area contributed by atoms with Crippen molar-refractivity contribution in [3.05, 3.63) is 35.3 Å². The van der Waals surface area contributed by atoms with Crippen LogP contribution in [0.25, 0.3) is 10.6 Å². The molecule has 1 aromatic heterocycles. The third kappa shape index (κ3) is 5.85. The van der Waals surface area contributed by atoms with Gasteiger partial charge in [-0.3, -0.25) is 0 Å². The van der Waals surface area contributed by atoms with Crippen LogP contribution in [-0.4, -0.2) is 23.8 Å². The van der Waals surface area contributed by atoms with Crippen molar-refractivity contribution in [2.75, 3.05) is 13.7 Å². The molecule has 0 aliphatic rings. The monoisotopic (exact) mass is 281 g/mol. The molecule has 0 aliphatic heterocycles. The highest BCUT2D eigenvalue weighted by atomic mass is 32.1. The van der Waals surface area contributed by atoms with Crippen molar-refractivity contribution in [3.8, 4) is 16.3 Å². The van der Waals surface area contributed by atoms with Gasteiger partial charge < -0.3 is 9.84 Å². The van der Waals surface area contributed by atoms with E-state index in [1.54, 1.807) is 11.3 Å². The van der Waals surface area contributed by atoms with Crippen molar-refractivity contribution in [1.29, 1.82) is 0 Å². The number of hydrogen-bond acceptors (Lipinski definition) is 4. The Kier molecular flexibility index (Phi) is 9.75. The summed E-state index contributed by atoms with van der Waals surface area (Å²) in [6, 6.07) is 8.05. The van der Waals surface area contributed by atoms with Crippen LogP contribution in [0.1, 0.15) is 26.5 Å². The second-order valence-electron chi connectivity index (χ2n) is 3.25. The summed E-state index contributed by atoms with van der Waals surface area (Å²) in [5.41, 5.74) is 2.22. The number of rotatable bonds is 3. The van der Waals surface area contributed by atoms with E-state index >= 15 is 0 Å². The Hall–Kier alpha value is -1.39. The maximum Gasteiger partial charge on any atom is 0.123 e. The minimum atomic E-state index is 0.704. The molecule has 0 bridgehead atoms. The van der Waals surface area contributed by atoms with Crippen LogP contribution >= 0.6 is 11.3 Å². The molecule has 0 spiro atoms. The van der Waals surface area contributed by atoms with Gasteiger partial charge in [-0.25, -0.2) is 4.98 Å². The normalized spacial score (nSPS) is 8.74. The summed E-state index contributed by atoms with van der Waals surface area (Å²) in [7, 11) is 1.00. The average molecular weight is 281 g/mol. The van der Waals surface area contributed by atoms with E-state index < -0.39 is 0 Å². The van der Waals surface area contributed by atoms with Crippen LogP contribution in [0.2, 0.25) is 0 Å². The Bertz CT molecular complexity index is 438. The largest absolute Gasteiger partial charge is 0.494 e. The Morgan fingerprint density at radius 2 is 1.74 bits per heavy atom. The molecule has 1 heterocycles. The standard InChI is InChI=1S/C12H13NOS.C2H6.CH4O/c1-3-14-11-6-4-10(5-7-11)12-13-9(2)8-15-12;2*1-2/h4-8H,3H2,1-2H3;1-2H3;2H,1H3. The first-order valence-corrected chi connectivity index (χ1v) is 7.27. The van der Waals surface area contributed by atoms with Crippen LogP contribution in [0.3, 0.4) is 0 Å². The zero-order chi connectivity index (χ0) is 14.7. The zero-order valence-corrected chi connectivity index (χ0v) is 13.1. The SMILES string of the molecule is CC.CCOc1ccc(-c2nc(C)cs2)cc1.CO. The molecule has 0 aliphatic carbocycles. The summed E-state index contributed by atoms with van der Waals surface area (Å²) in [5, 5.41) is 10.1. The summed E-state index contributed by atoms with van der Waals surface area (Å²) in [6.45, 7) is 8.70. The molecule has 0 atom stereocenters. The number of aliphatic hydroxyl groups is 1. The predicted molar refractivity (Wildman–Crippen MR) is 82.9 cm³/mol. The van der Waals surface area contributed by atoms with E-state index in [9.17, 15) is 0 Å². The van der Waals surface area contributed by atoms with Crippen LogP contribution in [-0.2, 0) is 0 Å². The number of benzene rings is 1. The Balaban J connectivity index is 0.000000741. The predicted octanol–water partition coefficient (Wildman–Crippen LogP) is 4.15. The van der Waals surface area contributed by atoms with Crippen molar-refractivity contribution in [1.82, 2.24) is 4.98 Å². The molecule has 2 aromatic rings. The quantitative estimate of drug-likeness (QED) is 0.919. The van der Waals surface area contributed by atoms with E-state index in [1.165, 1.54) is 0 Å². The van der Waals surface area contributed by atoms with Crippen molar-refractivity contribution in [2.45, 2.75) is 27.7 Å². The van der Waals surface area contributed by atoms with Crippen molar-refractivity contribution in [2.24, 2.45) is 0 Å². The van der Waals surface area contributed by atoms with Crippen LogP contribution in [0, 0.1) is 6.92 Å². The number of aryl methyl sites for hydroxylation is 1. The van der Waals surface area contributed by atoms with Crippen LogP contribution < -0.4 is 4.74 Å². The Morgan fingerprint density at radius 1 is 1.16 bits per heavy atom. The van der Waals surface area contributed by atoms with Gasteiger partial charge in [0.2, 0.25) is 0 Å². The molecular formula is C15H23NO2S. The van der Waals surface area contributed by atoms with Gasteiger partial charge >= 0.3 is 0 Å². The van der Waals surface area contributed by atoms with E-state index in [1.807, 2.05) is 52.0 Å². The fourth-order valence-electron chi connectivity index (χ4n) is 1.35. The molecule has 3 nitrogen and oxygen atoms in total. The molecule has 0 radical (unpaired) electrons. The van der Waals surface area contributed by atoms with Gasteiger partial charge in [0.15, 0.2) is 0 Å². The van der Waals surface area contributed by atoms with Crippen LogP contribution in [0.5, 0.6) is 5.75 Å². The maximum atomic E-state index is 7.00. The van der Waals surface area contributed by atoms with E-state index in [0.29, 0.717) is 6.61 Å². The summed E-state index contributed by atoms with van der Waals surface area (Å²) in [6.07, 6.45) is 0. The lowest BCUT2D eigenvalue weighted by molar-refractivity contribution is 0.340. The van der Waals surface area contributed by atoms with E-state index in [-0.39, 0.29) is 0 Å². The van der Waals surface area contributed by atoms with E-state index in [0.717, 1.165) is 29.1 Å². The molecule has 106 valence electrons. The first kappa shape index (κ1) is 17.6. The lowest BCUT2D eigenvalue weighted by Gasteiger charge is -2.02. The van der Waals surface area contributed by atoms with Gasteiger partial charge in [-0.1, -0.05) is 13.8 Å². The summed E-state index contributed by atoms with van der Waals surface area (Å²) in [4.78, 5) is 4.43. The third-order valence-corrected chi connectivity index (χ3v) is 3.04. The van der Waals surface area contributed by atoms with Gasteiger partial charge in [0.1, 0.15) is 10.8 Å². The molecule has 0 unspecified atom stereocenters. The molecule has 0 saturated carbocycles. The lowest BCUT2D eigenvalue weighted by atomic mass is 10.2. The molecule has 0 amide bonds. The van der Waals surface area contributed by atoms with Gasteiger partial charge in [-0.05, 0) is 38.1 Å². The molecule has 4 heteroatoms. The number of hydrogen-bond donors (Lipinski definition) is 1. The number of aromatic nitrogens is 1. The fraction of sp³-hybridized carbons (Fsp3) is 0.400.